The molecule has 0 radical (unpaired) electrons. The highest BCUT2D eigenvalue weighted by Crippen LogP contribution is 2.27. The summed E-state index contributed by atoms with van der Waals surface area (Å²) in [5.74, 6) is 0.888. The third-order valence-electron chi connectivity index (χ3n) is 3.40. The maximum atomic E-state index is 12.2. The van der Waals surface area contributed by atoms with Crippen LogP contribution in [-0.4, -0.2) is 49.1 Å². The molecule has 20 heavy (non-hydrogen) atoms. The van der Waals surface area contributed by atoms with E-state index in [1.165, 1.54) is 12.8 Å². The molecule has 110 valence electrons. The molecule has 1 aromatic rings. The average molecular weight is 277 g/mol. The molecule has 1 aromatic heterocycles. The van der Waals surface area contributed by atoms with Gasteiger partial charge in [0.1, 0.15) is 0 Å². The number of carbonyl (C=O) groups excluding carboxylic acids is 1. The Balaban J connectivity index is 1.82. The van der Waals surface area contributed by atoms with Gasteiger partial charge in [-0.2, -0.15) is 0 Å². The van der Waals surface area contributed by atoms with Gasteiger partial charge in [-0.1, -0.05) is 6.07 Å². The van der Waals surface area contributed by atoms with Gasteiger partial charge in [-0.25, -0.2) is 0 Å². The van der Waals surface area contributed by atoms with E-state index in [0.29, 0.717) is 26.2 Å². The lowest BCUT2D eigenvalue weighted by Crippen LogP contribution is -2.40. The van der Waals surface area contributed by atoms with Gasteiger partial charge in [-0.05, 0) is 37.4 Å². The van der Waals surface area contributed by atoms with Crippen LogP contribution >= 0.6 is 0 Å². The number of amides is 1. The Hall–Kier alpha value is -1.46. The number of hydrogen-bond acceptors (Lipinski definition) is 4. The van der Waals surface area contributed by atoms with Crippen molar-refractivity contribution in [3.05, 3.63) is 30.1 Å². The first-order valence-corrected chi connectivity index (χ1v) is 7.17. The minimum absolute atomic E-state index is 0.105. The van der Waals surface area contributed by atoms with E-state index in [9.17, 15) is 4.79 Å². The number of nitrogens with one attached hydrogen (secondary N) is 1. The molecule has 1 aliphatic carbocycles. The molecule has 0 bridgehead atoms. The van der Waals surface area contributed by atoms with Crippen LogP contribution in [0.4, 0.5) is 0 Å². The minimum atomic E-state index is 0.105. The van der Waals surface area contributed by atoms with Crippen LogP contribution in [0.1, 0.15) is 18.5 Å². The van der Waals surface area contributed by atoms with Crippen molar-refractivity contribution in [3.8, 4) is 0 Å². The smallest absolute Gasteiger partial charge is 0.236 e. The Morgan fingerprint density at radius 1 is 1.50 bits per heavy atom. The number of rotatable bonds is 9. The van der Waals surface area contributed by atoms with Crippen molar-refractivity contribution >= 4 is 5.91 Å². The molecule has 1 heterocycles. The number of aromatic nitrogens is 1. The first-order chi connectivity index (χ1) is 9.79. The van der Waals surface area contributed by atoms with Crippen molar-refractivity contribution in [2.75, 3.05) is 33.4 Å². The molecule has 0 spiro atoms. The van der Waals surface area contributed by atoms with Gasteiger partial charge >= 0.3 is 0 Å². The third-order valence-corrected chi connectivity index (χ3v) is 3.40. The number of ether oxygens (including phenoxy) is 1. The van der Waals surface area contributed by atoms with E-state index in [4.69, 9.17) is 4.74 Å². The maximum Gasteiger partial charge on any atom is 0.236 e. The fourth-order valence-electron chi connectivity index (χ4n) is 2.00. The van der Waals surface area contributed by atoms with E-state index in [1.54, 1.807) is 18.2 Å². The van der Waals surface area contributed by atoms with Crippen LogP contribution in [0.25, 0.3) is 0 Å². The molecule has 0 saturated heterocycles. The summed E-state index contributed by atoms with van der Waals surface area (Å²) in [7, 11) is 1.65. The highest BCUT2D eigenvalue weighted by atomic mass is 16.5. The van der Waals surface area contributed by atoms with Gasteiger partial charge in [-0.15, -0.1) is 0 Å². The van der Waals surface area contributed by atoms with Crippen molar-refractivity contribution in [2.45, 2.75) is 19.4 Å². The first kappa shape index (κ1) is 14.9. The van der Waals surface area contributed by atoms with Crippen LogP contribution in [0.3, 0.4) is 0 Å². The van der Waals surface area contributed by atoms with Crippen LogP contribution in [0, 0.1) is 5.92 Å². The molecule has 1 amide bonds. The highest BCUT2D eigenvalue weighted by Gasteiger charge is 2.21. The zero-order chi connectivity index (χ0) is 14.2. The van der Waals surface area contributed by atoms with E-state index in [2.05, 4.69) is 10.3 Å². The predicted octanol–water partition coefficient (Wildman–Crippen LogP) is 1.06. The zero-order valence-corrected chi connectivity index (χ0v) is 12.0. The lowest BCUT2D eigenvalue weighted by Gasteiger charge is -2.22. The summed E-state index contributed by atoms with van der Waals surface area (Å²) < 4.78 is 5.08. The number of pyridine rings is 1. The topological polar surface area (TPSA) is 54.5 Å². The predicted molar refractivity (Wildman–Crippen MR) is 77.1 cm³/mol. The number of methoxy groups -OCH3 is 1. The second-order valence-electron chi connectivity index (χ2n) is 5.20. The SMILES string of the molecule is COCCN(Cc1ccccn1)C(=O)CNCC1CC1. The number of nitrogens with zero attached hydrogens (tertiary/aromatic N) is 2. The van der Waals surface area contributed by atoms with Crippen LogP contribution < -0.4 is 5.32 Å². The summed E-state index contributed by atoms with van der Waals surface area (Å²) in [4.78, 5) is 18.3. The Kier molecular flexibility index (Phi) is 5.95. The summed E-state index contributed by atoms with van der Waals surface area (Å²) in [5.41, 5.74) is 0.902. The minimum Gasteiger partial charge on any atom is -0.383 e. The van der Waals surface area contributed by atoms with Crippen LogP contribution in [0.15, 0.2) is 24.4 Å². The fourth-order valence-corrected chi connectivity index (χ4v) is 2.00. The van der Waals surface area contributed by atoms with Gasteiger partial charge in [0.25, 0.3) is 0 Å². The quantitative estimate of drug-likeness (QED) is 0.733. The van der Waals surface area contributed by atoms with Gasteiger partial charge < -0.3 is 15.0 Å². The molecule has 5 nitrogen and oxygen atoms in total. The van der Waals surface area contributed by atoms with E-state index in [1.807, 2.05) is 18.2 Å². The second-order valence-corrected chi connectivity index (χ2v) is 5.20. The molecule has 5 heteroatoms. The summed E-state index contributed by atoms with van der Waals surface area (Å²) in [6.45, 7) is 3.02. The molecule has 1 N–H and O–H groups in total. The normalized spacial score (nSPS) is 14.2. The van der Waals surface area contributed by atoms with E-state index >= 15 is 0 Å². The van der Waals surface area contributed by atoms with Gasteiger partial charge in [-0.3, -0.25) is 9.78 Å². The summed E-state index contributed by atoms with van der Waals surface area (Å²) in [6.07, 6.45) is 4.34. The fraction of sp³-hybridized carbons (Fsp3) is 0.600. The summed E-state index contributed by atoms with van der Waals surface area (Å²) in [6, 6.07) is 5.75. The van der Waals surface area contributed by atoms with Crippen LogP contribution in [-0.2, 0) is 16.1 Å². The third kappa shape index (κ3) is 5.27. The monoisotopic (exact) mass is 277 g/mol. The summed E-state index contributed by atoms with van der Waals surface area (Å²) in [5, 5.41) is 3.24. The van der Waals surface area contributed by atoms with E-state index < -0.39 is 0 Å². The highest BCUT2D eigenvalue weighted by molar-refractivity contribution is 5.78. The van der Waals surface area contributed by atoms with Crippen molar-refractivity contribution in [3.63, 3.8) is 0 Å². The molecular formula is C15H23N3O2. The van der Waals surface area contributed by atoms with Crippen molar-refractivity contribution in [1.82, 2.24) is 15.2 Å². The standard InChI is InChI=1S/C15H23N3O2/c1-20-9-8-18(12-14-4-2-3-7-17-14)15(19)11-16-10-13-5-6-13/h2-4,7,13,16H,5-6,8-12H2,1H3. The second kappa shape index (κ2) is 7.97. The Morgan fingerprint density at radius 3 is 3.00 bits per heavy atom. The molecule has 2 rings (SSSR count). The molecule has 0 unspecified atom stereocenters. The lowest BCUT2D eigenvalue weighted by molar-refractivity contribution is -0.131. The molecule has 1 aliphatic rings. The summed E-state index contributed by atoms with van der Waals surface area (Å²) >= 11 is 0. The van der Waals surface area contributed by atoms with Crippen molar-refractivity contribution in [2.24, 2.45) is 5.92 Å². The van der Waals surface area contributed by atoms with E-state index in [0.717, 1.165) is 18.2 Å². The van der Waals surface area contributed by atoms with Crippen molar-refractivity contribution < 1.29 is 9.53 Å². The lowest BCUT2D eigenvalue weighted by atomic mass is 10.3. The maximum absolute atomic E-state index is 12.2. The molecular weight excluding hydrogens is 254 g/mol. The van der Waals surface area contributed by atoms with Crippen LogP contribution in [0.5, 0.6) is 0 Å². The Labute approximate surface area is 120 Å². The molecule has 1 saturated carbocycles. The molecule has 1 fully saturated rings. The zero-order valence-electron chi connectivity index (χ0n) is 12.0. The number of hydrogen-bond donors (Lipinski definition) is 1. The van der Waals surface area contributed by atoms with Gasteiger partial charge in [0.05, 0.1) is 25.4 Å². The van der Waals surface area contributed by atoms with Gasteiger partial charge in [0, 0.05) is 19.9 Å². The van der Waals surface area contributed by atoms with E-state index in [-0.39, 0.29) is 5.91 Å². The van der Waals surface area contributed by atoms with Crippen molar-refractivity contribution in [1.29, 1.82) is 0 Å². The molecule has 0 aromatic carbocycles. The molecule has 0 atom stereocenters. The van der Waals surface area contributed by atoms with Crippen LogP contribution in [0.2, 0.25) is 0 Å². The molecule has 0 aliphatic heterocycles. The largest absolute Gasteiger partial charge is 0.383 e. The Morgan fingerprint density at radius 2 is 2.35 bits per heavy atom. The number of carbonyl (C=O) groups is 1. The van der Waals surface area contributed by atoms with Gasteiger partial charge in [0.2, 0.25) is 5.91 Å². The van der Waals surface area contributed by atoms with Gasteiger partial charge in [0.15, 0.2) is 0 Å². The first-order valence-electron chi connectivity index (χ1n) is 7.17. The average Bonchev–Trinajstić information content (AvgIpc) is 3.28. The Bertz CT molecular complexity index is 407.